The van der Waals surface area contributed by atoms with Gasteiger partial charge in [0.25, 0.3) is 0 Å². The van der Waals surface area contributed by atoms with Crippen LogP contribution in [0.1, 0.15) is 37.3 Å². The van der Waals surface area contributed by atoms with Crippen molar-refractivity contribution in [2.75, 3.05) is 0 Å². The molecule has 3 nitrogen and oxygen atoms in total. The fraction of sp³-hybridized carbons (Fsp3) is 0.286. The minimum atomic E-state index is 0.00771. The lowest BCUT2D eigenvalue weighted by atomic mass is 10.1. The molecular weight excluding hydrogens is 212 g/mol. The van der Waals surface area contributed by atoms with E-state index in [9.17, 15) is 0 Å². The van der Waals surface area contributed by atoms with Crippen molar-refractivity contribution in [3.05, 3.63) is 53.9 Å². The van der Waals surface area contributed by atoms with Gasteiger partial charge in [0.15, 0.2) is 0 Å². The standard InChI is InChI=1S/C14H18N2O/c1-10(15)12-5-3-6-13(9-12)17-11(2)14-7-4-8-16-14/h3-11,16H,15H2,1-2H3. The first-order valence-corrected chi connectivity index (χ1v) is 5.82. The number of hydrogen-bond acceptors (Lipinski definition) is 2. The molecular formula is C14H18N2O. The average Bonchev–Trinajstić information content (AvgIpc) is 2.82. The molecule has 1 heterocycles. The first-order chi connectivity index (χ1) is 8.16. The Morgan fingerprint density at radius 1 is 1.18 bits per heavy atom. The van der Waals surface area contributed by atoms with Crippen LogP contribution in [0.4, 0.5) is 0 Å². The lowest BCUT2D eigenvalue weighted by Crippen LogP contribution is -2.06. The van der Waals surface area contributed by atoms with Gasteiger partial charge in [-0.15, -0.1) is 0 Å². The topological polar surface area (TPSA) is 51.0 Å². The van der Waals surface area contributed by atoms with Crippen LogP contribution in [0, 0.1) is 0 Å². The van der Waals surface area contributed by atoms with Gasteiger partial charge in [-0.1, -0.05) is 12.1 Å². The van der Waals surface area contributed by atoms with E-state index in [1.165, 1.54) is 0 Å². The Hall–Kier alpha value is -1.74. The van der Waals surface area contributed by atoms with Crippen LogP contribution in [0.15, 0.2) is 42.6 Å². The van der Waals surface area contributed by atoms with Crippen molar-refractivity contribution in [1.29, 1.82) is 0 Å². The Morgan fingerprint density at radius 2 is 2.00 bits per heavy atom. The molecule has 0 radical (unpaired) electrons. The zero-order chi connectivity index (χ0) is 12.3. The van der Waals surface area contributed by atoms with E-state index in [1.54, 1.807) is 0 Å². The summed E-state index contributed by atoms with van der Waals surface area (Å²) in [4.78, 5) is 3.14. The molecule has 1 aromatic carbocycles. The SMILES string of the molecule is CC(N)c1cccc(OC(C)c2ccc[nH]2)c1. The first kappa shape index (κ1) is 11.7. The zero-order valence-corrected chi connectivity index (χ0v) is 10.2. The van der Waals surface area contributed by atoms with Crippen LogP contribution in [-0.2, 0) is 0 Å². The number of H-pyrrole nitrogens is 1. The number of ether oxygens (including phenoxy) is 1. The van der Waals surface area contributed by atoms with Crippen molar-refractivity contribution < 1.29 is 4.74 Å². The van der Waals surface area contributed by atoms with Crippen molar-refractivity contribution in [3.63, 3.8) is 0 Å². The molecule has 0 fully saturated rings. The molecule has 0 bridgehead atoms. The Bertz CT molecular complexity index is 463. The molecule has 0 aliphatic heterocycles. The van der Waals surface area contributed by atoms with Gasteiger partial charge in [0.1, 0.15) is 11.9 Å². The number of aromatic nitrogens is 1. The highest BCUT2D eigenvalue weighted by Crippen LogP contribution is 2.23. The molecule has 2 atom stereocenters. The molecule has 0 aliphatic carbocycles. The summed E-state index contributed by atoms with van der Waals surface area (Å²) in [6, 6.07) is 11.9. The van der Waals surface area contributed by atoms with Crippen LogP contribution in [0.2, 0.25) is 0 Å². The summed E-state index contributed by atoms with van der Waals surface area (Å²) in [6.07, 6.45) is 1.90. The highest BCUT2D eigenvalue weighted by Gasteiger charge is 2.08. The molecule has 1 aromatic heterocycles. The van der Waals surface area contributed by atoms with E-state index in [2.05, 4.69) is 4.98 Å². The van der Waals surface area contributed by atoms with E-state index in [0.29, 0.717) is 0 Å². The van der Waals surface area contributed by atoms with Gasteiger partial charge in [0.2, 0.25) is 0 Å². The van der Waals surface area contributed by atoms with E-state index in [0.717, 1.165) is 17.0 Å². The summed E-state index contributed by atoms with van der Waals surface area (Å²) >= 11 is 0. The predicted octanol–water partition coefficient (Wildman–Crippen LogP) is 3.17. The van der Waals surface area contributed by atoms with Gasteiger partial charge in [0.05, 0.1) is 5.69 Å². The number of aromatic amines is 1. The lowest BCUT2D eigenvalue weighted by Gasteiger charge is -2.15. The lowest BCUT2D eigenvalue weighted by molar-refractivity contribution is 0.222. The summed E-state index contributed by atoms with van der Waals surface area (Å²) in [5, 5.41) is 0. The number of benzene rings is 1. The highest BCUT2D eigenvalue weighted by atomic mass is 16.5. The Morgan fingerprint density at radius 3 is 2.65 bits per heavy atom. The van der Waals surface area contributed by atoms with Crippen molar-refractivity contribution >= 4 is 0 Å². The van der Waals surface area contributed by atoms with Gasteiger partial charge in [-0.05, 0) is 43.7 Å². The average molecular weight is 230 g/mol. The van der Waals surface area contributed by atoms with E-state index in [-0.39, 0.29) is 12.1 Å². The number of rotatable bonds is 4. The molecule has 3 N–H and O–H groups in total. The molecule has 0 saturated heterocycles. The van der Waals surface area contributed by atoms with Gasteiger partial charge in [-0.3, -0.25) is 0 Å². The molecule has 2 rings (SSSR count). The third kappa shape index (κ3) is 2.88. The number of nitrogens with two attached hydrogens (primary N) is 1. The quantitative estimate of drug-likeness (QED) is 0.847. The fourth-order valence-corrected chi connectivity index (χ4v) is 1.74. The van der Waals surface area contributed by atoms with E-state index < -0.39 is 0 Å². The Balaban J connectivity index is 2.11. The number of hydrogen-bond donors (Lipinski definition) is 2. The van der Waals surface area contributed by atoms with Crippen LogP contribution in [0.3, 0.4) is 0 Å². The predicted molar refractivity (Wildman–Crippen MR) is 68.9 cm³/mol. The van der Waals surface area contributed by atoms with E-state index in [4.69, 9.17) is 10.5 Å². The molecule has 90 valence electrons. The summed E-state index contributed by atoms with van der Waals surface area (Å²) in [6.45, 7) is 3.98. The van der Waals surface area contributed by atoms with Gasteiger partial charge in [-0.2, -0.15) is 0 Å². The monoisotopic (exact) mass is 230 g/mol. The molecule has 0 amide bonds. The minimum absolute atomic E-state index is 0.00771. The summed E-state index contributed by atoms with van der Waals surface area (Å²) < 4.78 is 5.86. The smallest absolute Gasteiger partial charge is 0.136 e. The first-order valence-electron chi connectivity index (χ1n) is 5.82. The van der Waals surface area contributed by atoms with Crippen molar-refractivity contribution in [1.82, 2.24) is 4.98 Å². The summed E-state index contributed by atoms with van der Waals surface area (Å²) in [5.74, 6) is 0.849. The molecule has 2 aromatic rings. The second kappa shape index (κ2) is 5.06. The third-order valence-electron chi connectivity index (χ3n) is 2.76. The summed E-state index contributed by atoms with van der Waals surface area (Å²) in [5.41, 5.74) is 8.00. The van der Waals surface area contributed by atoms with Crippen LogP contribution in [0.5, 0.6) is 5.75 Å². The largest absolute Gasteiger partial charge is 0.485 e. The molecule has 3 heteroatoms. The van der Waals surface area contributed by atoms with Crippen LogP contribution in [0.25, 0.3) is 0 Å². The molecule has 2 unspecified atom stereocenters. The molecule has 0 saturated carbocycles. The fourth-order valence-electron chi connectivity index (χ4n) is 1.74. The van der Waals surface area contributed by atoms with Crippen molar-refractivity contribution in [2.45, 2.75) is 26.0 Å². The highest BCUT2D eigenvalue weighted by molar-refractivity contribution is 5.30. The maximum absolute atomic E-state index is 5.86. The summed E-state index contributed by atoms with van der Waals surface area (Å²) in [7, 11) is 0. The Labute approximate surface area is 102 Å². The normalized spacial score (nSPS) is 14.3. The molecule has 0 aliphatic rings. The van der Waals surface area contributed by atoms with Crippen LogP contribution in [-0.4, -0.2) is 4.98 Å². The van der Waals surface area contributed by atoms with Gasteiger partial charge < -0.3 is 15.5 Å². The second-order valence-electron chi connectivity index (χ2n) is 4.25. The number of nitrogens with one attached hydrogen (secondary N) is 1. The zero-order valence-electron chi connectivity index (χ0n) is 10.2. The minimum Gasteiger partial charge on any atom is -0.485 e. The Kier molecular flexibility index (Phi) is 3.49. The van der Waals surface area contributed by atoms with E-state index in [1.807, 2.05) is 56.4 Å². The van der Waals surface area contributed by atoms with Gasteiger partial charge in [-0.25, -0.2) is 0 Å². The van der Waals surface area contributed by atoms with E-state index >= 15 is 0 Å². The maximum atomic E-state index is 5.86. The molecule has 17 heavy (non-hydrogen) atoms. The van der Waals surface area contributed by atoms with Gasteiger partial charge in [0, 0.05) is 12.2 Å². The molecule has 0 spiro atoms. The van der Waals surface area contributed by atoms with Crippen molar-refractivity contribution in [2.24, 2.45) is 5.73 Å². The van der Waals surface area contributed by atoms with Crippen LogP contribution < -0.4 is 10.5 Å². The van der Waals surface area contributed by atoms with Crippen molar-refractivity contribution in [3.8, 4) is 5.75 Å². The third-order valence-corrected chi connectivity index (χ3v) is 2.76. The van der Waals surface area contributed by atoms with Crippen LogP contribution >= 0.6 is 0 Å². The maximum Gasteiger partial charge on any atom is 0.136 e. The second-order valence-corrected chi connectivity index (χ2v) is 4.25. The van der Waals surface area contributed by atoms with Gasteiger partial charge >= 0.3 is 0 Å².